The Morgan fingerprint density at radius 3 is 2.09 bits per heavy atom. The summed E-state index contributed by atoms with van der Waals surface area (Å²) in [5.41, 5.74) is -0.0719. The number of benzene rings is 1. The van der Waals surface area contributed by atoms with Gasteiger partial charge >= 0.3 is 5.97 Å². The second-order valence-corrected chi connectivity index (χ2v) is 8.53. The van der Waals surface area contributed by atoms with Crippen molar-refractivity contribution >= 4 is 52.1 Å². The molecule has 1 amide bonds. The molecule has 9 nitrogen and oxygen atoms in total. The second-order valence-electron chi connectivity index (χ2n) is 7.71. The van der Waals surface area contributed by atoms with Crippen LogP contribution in [0.3, 0.4) is 0 Å². The number of hydrogen-bond acceptors (Lipinski definition) is 7. The van der Waals surface area contributed by atoms with Gasteiger partial charge in [0.1, 0.15) is 11.4 Å². The first-order chi connectivity index (χ1) is 16.1. The van der Waals surface area contributed by atoms with Gasteiger partial charge in [0.05, 0.1) is 28.1 Å². The van der Waals surface area contributed by atoms with Gasteiger partial charge < -0.3 is 21.1 Å². The number of carbonyl (C=O) groups is 2. The first-order valence-electron chi connectivity index (χ1n) is 10.4. The number of carboxylic acids is 1. The van der Waals surface area contributed by atoms with Crippen LogP contribution in [0.5, 0.6) is 0 Å². The van der Waals surface area contributed by atoms with Gasteiger partial charge in [0.15, 0.2) is 0 Å². The Morgan fingerprint density at radius 2 is 1.56 bits per heavy atom. The van der Waals surface area contributed by atoms with E-state index >= 15 is 0 Å². The van der Waals surface area contributed by atoms with E-state index < -0.39 is 28.8 Å². The van der Waals surface area contributed by atoms with Crippen LogP contribution >= 0.6 is 23.2 Å². The van der Waals surface area contributed by atoms with Crippen molar-refractivity contribution in [2.24, 2.45) is 0 Å². The fourth-order valence-electron chi connectivity index (χ4n) is 3.24. The van der Waals surface area contributed by atoms with Gasteiger partial charge in [-0.1, -0.05) is 42.3 Å². The molecular formula is C23H22Cl2N4O5. The Balaban J connectivity index is 1.80. The van der Waals surface area contributed by atoms with Gasteiger partial charge in [-0.25, -0.2) is 0 Å². The van der Waals surface area contributed by atoms with Crippen molar-refractivity contribution in [3.63, 3.8) is 0 Å². The van der Waals surface area contributed by atoms with Gasteiger partial charge in [-0.2, -0.15) is 0 Å². The fourth-order valence-corrected chi connectivity index (χ4v) is 3.77. The molecule has 1 aromatic heterocycles. The summed E-state index contributed by atoms with van der Waals surface area (Å²) in [4.78, 5) is 51.9. The summed E-state index contributed by atoms with van der Waals surface area (Å²) in [5, 5.41) is 18.1. The average molecular weight is 505 g/mol. The number of carbonyl (C=O) groups excluding carboxylic acids is 1. The normalized spacial score (nSPS) is 12.7. The highest BCUT2D eigenvalue weighted by Crippen LogP contribution is 2.28. The number of halogens is 2. The van der Waals surface area contributed by atoms with Gasteiger partial charge in [-0.05, 0) is 31.0 Å². The van der Waals surface area contributed by atoms with Crippen LogP contribution in [0.2, 0.25) is 10.0 Å². The number of carboxylic acid groups (broad SMARTS) is 1. The lowest BCUT2D eigenvalue weighted by Crippen LogP contribution is -2.39. The van der Waals surface area contributed by atoms with Crippen molar-refractivity contribution in [1.29, 1.82) is 0 Å². The van der Waals surface area contributed by atoms with Crippen molar-refractivity contribution in [3.05, 3.63) is 78.3 Å². The SMILES string of the molecule is CCC(C)Nc1c(NC(CC(=O)O)c2ccc(NC(=O)c3c(Cl)cncc3Cl)cc2)c(=O)c1=O. The van der Waals surface area contributed by atoms with E-state index in [4.69, 9.17) is 23.2 Å². The molecule has 0 aliphatic heterocycles. The average Bonchev–Trinajstić information content (AvgIpc) is 2.80. The zero-order valence-corrected chi connectivity index (χ0v) is 19.8. The highest BCUT2D eigenvalue weighted by atomic mass is 35.5. The second kappa shape index (κ2) is 10.7. The van der Waals surface area contributed by atoms with Gasteiger partial charge in [-0.3, -0.25) is 24.2 Å². The molecule has 0 aliphatic rings. The maximum atomic E-state index is 12.5. The third-order valence-corrected chi connectivity index (χ3v) is 5.84. The monoisotopic (exact) mass is 504 g/mol. The molecular weight excluding hydrogens is 483 g/mol. The first kappa shape index (κ1) is 25.2. The Kier molecular flexibility index (Phi) is 7.90. The largest absolute Gasteiger partial charge is 0.481 e. The van der Waals surface area contributed by atoms with Crippen LogP contribution in [0, 0.1) is 0 Å². The third kappa shape index (κ3) is 5.55. The van der Waals surface area contributed by atoms with E-state index in [1.54, 1.807) is 24.3 Å². The number of nitrogens with zero attached hydrogens (tertiary/aromatic N) is 1. The molecule has 2 atom stereocenters. The summed E-state index contributed by atoms with van der Waals surface area (Å²) in [6.07, 6.45) is 3.01. The molecule has 4 N–H and O–H groups in total. The van der Waals surface area contributed by atoms with Crippen LogP contribution in [0.1, 0.15) is 48.7 Å². The van der Waals surface area contributed by atoms with Crippen molar-refractivity contribution < 1.29 is 14.7 Å². The molecule has 3 aromatic rings. The van der Waals surface area contributed by atoms with E-state index in [2.05, 4.69) is 20.9 Å². The molecule has 0 radical (unpaired) electrons. The molecule has 11 heteroatoms. The minimum absolute atomic E-state index is 0.0351. The minimum atomic E-state index is -1.09. The number of rotatable bonds is 10. The van der Waals surface area contributed by atoms with E-state index in [0.717, 1.165) is 6.42 Å². The number of hydrogen-bond donors (Lipinski definition) is 4. The summed E-state index contributed by atoms with van der Waals surface area (Å²) in [6, 6.07) is 5.55. The summed E-state index contributed by atoms with van der Waals surface area (Å²) in [6.45, 7) is 3.80. The lowest BCUT2D eigenvalue weighted by Gasteiger charge is -2.23. The quantitative estimate of drug-likeness (QED) is 0.303. The van der Waals surface area contributed by atoms with E-state index in [1.807, 2.05) is 13.8 Å². The zero-order chi connectivity index (χ0) is 25.0. The van der Waals surface area contributed by atoms with Crippen LogP contribution < -0.4 is 26.8 Å². The summed E-state index contributed by atoms with van der Waals surface area (Å²) in [5.74, 6) is -1.62. The Hall–Kier alpha value is -3.43. The van der Waals surface area contributed by atoms with Crippen LogP contribution in [-0.2, 0) is 4.79 Å². The molecule has 1 heterocycles. The number of nitrogens with one attached hydrogen (secondary N) is 3. The summed E-state index contributed by atoms with van der Waals surface area (Å²) >= 11 is 12.0. The first-order valence-corrected chi connectivity index (χ1v) is 11.2. The van der Waals surface area contributed by atoms with Crippen LogP contribution in [-0.4, -0.2) is 28.0 Å². The van der Waals surface area contributed by atoms with E-state index in [1.165, 1.54) is 12.4 Å². The van der Waals surface area contributed by atoms with Crippen LogP contribution in [0.25, 0.3) is 0 Å². The maximum Gasteiger partial charge on any atom is 0.305 e. The summed E-state index contributed by atoms with van der Waals surface area (Å²) < 4.78 is 0. The predicted molar refractivity (Wildman–Crippen MR) is 132 cm³/mol. The highest BCUT2D eigenvalue weighted by molar-refractivity contribution is 6.40. The Bertz CT molecular complexity index is 1270. The van der Waals surface area contributed by atoms with Crippen molar-refractivity contribution in [2.75, 3.05) is 16.0 Å². The van der Waals surface area contributed by atoms with E-state index in [9.17, 15) is 24.3 Å². The van der Waals surface area contributed by atoms with Gasteiger partial charge in [-0.15, -0.1) is 0 Å². The standard InChI is InChI=1S/C23H22Cl2N4O5/c1-3-11(2)27-19-20(22(33)21(19)32)29-16(8-17(30)31)12-4-6-13(7-5-12)28-23(34)18-14(24)9-26-10-15(18)25/h4-7,9-11,16,27,29H,3,8H2,1-2H3,(H,28,34)(H,30,31). The van der Waals surface area contributed by atoms with E-state index in [-0.39, 0.29) is 39.4 Å². The smallest absolute Gasteiger partial charge is 0.305 e. The van der Waals surface area contributed by atoms with Gasteiger partial charge in [0.25, 0.3) is 16.8 Å². The van der Waals surface area contributed by atoms with Crippen LogP contribution in [0.15, 0.2) is 46.2 Å². The van der Waals surface area contributed by atoms with Crippen molar-refractivity contribution in [3.8, 4) is 0 Å². The topological polar surface area (TPSA) is 137 Å². The van der Waals surface area contributed by atoms with Crippen molar-refractivity contribution in [1.82, 2.24) is 4.98 Å². The third-order valence-electron chi connectivity index (χ3n) is 5.26. The molecule has 0 spiro atoms. The Labute approximate surface area is 204 Å². The summed E-state index contributed by atoms with van der Waals surface area (Å²) in [7, 11) is 0. The molecule has 3 rings (SSSR count). The molecule has 178 valence electrons. The zero-order valence-electron chi connectivity index (χ0n) is 18.3. The number of aromatic nitrogens is 1. The molecule has 0 fully saturated rings. The molecule has 0 bridgehead atoms. The number of anilines is 3. The number of aliphatic carboxylic acids is 1. The minimum Gasteiger partial charge on any atom is -0.481 e. The maximum absolute atomic E-state index is 12.5. The molecule has 0 saturated carbocycles. The highest BCUT2D eigenvalue weighted by Gasteiger charge is 2.26. The number of amides is 1. The van der Waals surface area contributed by atoms with Crippen LogP contribution in [0.4, 0.5) is 17.1 Å². The Morgan fingerprint density at radius 1 is 1.00 bits per heavy atom. The lowest BCUT2D eigenvalue weighted by atomic mass is 10.0. The molecule has 2 unspecified atom stereocenters. The fraction of sp³-hybridized carbons (Fsp3) is 0.261. The molecule has 34 heavy (non-hydrogen) atoms. The lowest BCUT2D eigenvalue weighted by molar-refractivity contribution is -0.137. The molecule has 2 aromatic carbocycles. The van der Waals surface area contributed by atoms with E-state index in [0.29, 0.717) is 11.3 Å². The van der Waals surface area contributed by atoms with Gasteiger partial charge in [0.2, 0.25) is 0 Å². The number of pyridine rings is 1. The van der Waals surface area contributed by atoms with Gasteiger partial charge in [0, 0.05) is 24.1 Å². The predicted octanol–water partition coefficient (Wildman–Crippen LogP) is 4.08. The molecule has 0 aliphatic carbocycles. The van der Waals surface area contributed by atoms with Crippen molar-refractivity contribution in [2.45, 2.75) is 38.8 Å². The molecule has 0 saturated heterocycles.